The van der Waals surface area contributed by atoms with Crippen molar-refractivity contribution >= 4 is 29.3 Å². The first-order chi connectivity index (χ1) is 14.0. The Balaban J connectivity index is 1.34. The number of carbonyl (C=O) groups excluding carboxylic acids is 2. The fourth-order valence-electron chi connectivity index (χ4n) is 4.33. The molecule has 0 spiro atoms. The Bertz CT molecular complexity index is 882. The summed E-state index contributed by atoms with van der Waals surface area (Å²) < 4.78 is 0. The highest BCUT2D eigenvalue weighted by Gasteiger charge is 2.38. The lowest BCUT2D eigenvalue weighted by Crippen LogP contribution is -2.60. The van der Waals surface area contributed by atoms with E-state index in [0.717, 1.165) is 28.6 Å². The lowest BCUT2D eigenvalue weighted by atomic mass is 9.80. The zero-order chi connectivity index (χ0) is 20.4. The third-order valence-electron chi connectivity index (χ3n) is 5.90. The van der Waals surface area contributed by atoms with E-state index in [2.05, 4.69) is 22.5 Å². The molecule has 4 unspecified atom stereocenters. The third kappa shape index (κ3) is 4.82. The highest BCUT2D eigenvalue weighted by molar-refractivity contribution is 7.99. The number of benzene rings is 2. The van der Waals surface area contributed by atoms with Gasteiger partial charge in [-0.15, -0.1) is 0 Å². The maximum Gasteiger partial charge on any atom is 0.251 e. The number of hydrogen-bond acceptors (Lipinski definition) is 4. The number of nitrogens with one attached hydrogen (secondary N) is 2. The van der Waals surface area contributed by atoms with E-state index in [9.17, 15) is 9.59 Å². The Kier molecular flexibility index (Phi) is 5.92. The third-order valence-corrected chi connectivity index (χ3v) is 6.91. The van der Waals surface area contributed by atoms with Gasteiger partial charge < -0.3 is 10.6 Å². The number of carbonyl (C=O) groups is 2. The number of amides is 2. The Hall–Kier alpha value is -2.31. The number of fused-ring (bicyclic) bond motifs is 3. The van der Waals surface area contributed by atoms with Crippen LogP contribution in [0.1, 0.15) is 37.0 Å². The standard InChI is InChI=1S/C23H27N3O2S/c1-15-13-18-11-12-26(15)14-22(18)25-23(28)17-3-7-20(8-4-17)29-21-9-5-19(6-10-21)24-16(2)27/h3-10,15,18,22H,11-14H2,1-2H3,(H,24,27)(H,25,28). The van der Waals surface area contributed by atoms with Crippen LogP contribution in [0.5, 0.6) is 0 Å². The molecule has 0 saturated carbocycles. The smallest absolute Gasteiger partial charge is 0.251 e. The zero-order valence-electron chi connectivity index (χ0n) is 16.9. The van der Waals surface area contributed by atoms with Crippen molar-refractivity contribution in [1.29, 1.82) is 0 Å². The second-order valence-corrected chi connectivity index (χ2v) is 9.19. The molecule has 2 bridgehead atoms. The topological polar surface area (TPSA) is 61.4 Å². The second kappa shape index (κ2) is 8.59. The summed E-state index contributed by atoms with van der Waals surface area (Å²) in [6.45, 7) is 5.92. The molecule has 5 nitrogen and oxygen atoms in total. The predicted octanol–water partition coefficient (Wildman–Crippen LogP) is 4.01. The first kappa shape index (κ1) is 20.0. The molecule has 3 fully saturated rings. The van der Waals surface area contributed by atoms with Gasteiger partial charge in [0.2, 0.25) is 5.91 Å². The first-order valence-electron chi connectivity index (χ1n) is 10.2. The van der Waals surface area contributed by atoms with Gasteiger partial charge in [-0.1, -0.05) is 11.8 Å². The summed E-state index contributed by atoms with van der Waals surface area (Å²) in [5.74, 6) is 0.550. The molecule has 2 N–H and O–H groups in total. The van der Waals surface area contributed by atoms with E-state index >= 15 is 0 Å². The molecule has 2 amide bonds. The molecule has 5 rings (SSSR count). The van der Waals surface area contributed by atoms with Crippen LogP contribution >= 0.6 is 11.8 Å². The van der Waals surface area contributed by atoms with Crippen molar-refractivity contribution in [3.63, 3.8) is 0 Å². The molecule has 2 aromatic carbocycles. The molecule has 3 aliphatic rings. The van der Waals surface area contributed by atoms with Crippen LogP contribution in [-0.4, -0.2) is 41.9 Å². The summed E-state index contributed by atoms with van der Waals surface area (Å²) in [5.41, 5.74) is 1.50. The average Bonchev–Trinajstić information content (AvgIpc) is 2.70. The Morgan fingerprint density at radius 3 is 2.24 bits per heavy atom. The van der Waals surface area contributed by atoms with Crippen LogP contribution in [-0.2, 0) is 4.79 Å². The number of hydrogen-bond donors (Lipinski definition) is 2. The lowest BCUT2D eigenvalue weighted by Gasteiger charge is -2.48. The molecule has 29 heavy (non-hydrogen) atoms. The van der Waals surface area contributed by atoms with E-state index in [1.54, 1.807) is 11.8 Å². The van der Waals surface area contributed by atoms with Crippen molar-refractivity contribution in [1.82, 2.24) is 10.2 Å². The van der Waals surface area contributed by atoms with Gasteiger partial charge in [-0.2, -0.15) is 0 Å². The average molecular weight is 410 g/mol. The molecule has 6 heteroatoms. The normalized spacial score (nSPS) is 25.4. The van der Waals surface area contributed by atoms with Crippen LogP contribution in [0, 0.1) is 5.92 Å². The minimum atomic E-state index is -0.0768. The number of nitrogens with zero attached hydrogens (tertiary/aromatic N) is 1. The van der Waals surface area contributed by atoms with Gasteiger partial charge in [0.25, 0.3) is 5.91 Å². The predicted molar refractivity (Wildman–Crippen MR) is 116 cm³/mol. The Morgan fingerprint density at radius 2 is 1.69 bits per heavy atom. The number of rotatable bonds is 5. The van der Waals surface area contributed by atoms with Crippen LogP contribution in [0.2, 0.25) is 0 Å². The number of anilines is 1. The molecule has 0 radical (unpaired) electrons. The van der Waals surface area contributed by atoms with Gasteiger partial charge in [-0.3, -0.25) is 14.5 Å². The van der Waals surface area contributed by atoms with Gasteiger partial charge in [0.1, 0.15) is 0 Å². The monoisotopic (exact) mass is 409 g/mol. The van der Waals surface area contributed by atoms with E-state index in [-0.39, 0.29) is 17.9 Å². The minimum absolute atomic E-state index is 0.0209. The van der Waals surface area contributed by atoms with E-state index in [0.29, 0.717) is 17.5 Å². The van der Waals surface area contributed by atoms with E-state index in [1.165, 1.54) is 19.8 Å². The second-order valence-electron chi connectivity index (χ2n) is 8.04. The van der Waals surface area contributed by atoms with E-state index < -0.39 is 0 Å². The summed E-state index contributed by atoms with van der Waals surface area (Å²) in [7, 11) is 0. The highest BCUT2D eigenvalue weighted by Crippen LogP contribution is 2.32. The van der Waals surface area contributed by atoms with Gasteiger partial charge >= 0.3 is 0 Å². The minimum Gasteiger partial charge on any atom is -0.348 e. The summed E-state index contributed by atoms with van der Waals surface area (Å²) >= 11 is 1.63. The molecule has 3 heterocycles. The van der Waals surface area contributed by atoms with Gasteiger partial charge in [0.05, 0.1) is 0 Å². The van der Waals surface area contributed by atoms with Gasteiger partial charge in [0, 0.05) is 46.6 Å². The van der Waals surface area contributed by atoms with Crippen molar-refractivity contribution in [3.05, 3.63) is 54.1 Å². The van der Waals surface area contributed by atoms with Crippen molar-refractivity contribution in [3.8, 4) is 0 Å². The largest absolute Gasteiger partial charge is 0.348 e. The molecule has 152 valence electrons. The molecule has 0 aliphatic carbocycles. The fourth-order valence-corrected chi connectivity index (χ4v) is 5.15. The van der Waals surface area contributed by atoms with E-state index in [1.807, 2.05) is 48.5 Å². The molecular weight excluding hydrogens is 382 g/mol. The molecule has 3 saturated heterocycles. The zero-order valence-corrected chi connectivity index (χ0v) is 17.7. The fraction of sp³-hybridized carbons (Fsp3) is 0.391. The van der Waals surface area contributed by atoms with Crippen LogP contribution in [0.15, 0.2) is 58.3 Å². The van der Waals surface area contributed by atoms with Crippen molar-refractivity contribution < 1.29 is 9.59 Å². The molecule has 2 aromatic rings. The first-order valence-corrected chi connectivity index (χ1v) is 11.0. The van der Waals surface area contributed by atoms with Gasteiger partial charge in [-0.25, -0.2) is 0 Å². The Morgan fingerprint density at radius 1 is 1.03 bits per heavy atom. The molecular formula is C23H27N3O2S. The summed E-state index contributed by atoms with van der Waals surface area (Å²) in [6, 6.07) is 16.4. The quantitative estimate of drug-likeness (QED) is 0.783. The van der Waals surface area contributed by atoms with Gasteiger partial charge in [-0.05, 0) is 80.8 Å². The van der Waals surface area contributed by atoms with Crippen molar-refractivity contribution in [2.75, 3.05) is 18.4 Å². The molecule has 3 aliphatic heterocycles. The lowest BCUT2D eigenvalue weighted by molar-refractivity contribution is -0.114. The van der Waals surface area contributed by atoms with E-state index in [4.69, 9.17) is 0 Å². The summed E-state index contributed by atoms with van der Waals surface area (Å²) in [6.07, 6.45) is 2.37. The highest BCUT2D eigenvalue weighted by atomic mass is 32.2. The van der Waals surface area contributed by atoms with Gasteiger partial charge in [0.15, 0.2) is 0 Å². The SMILES string of the molecule is CC(=O)Nc1ccc(Sc2ccc(C(=O)NC3CN4CCC3CC4C)cc2)cc1. The Labute approximate surface area is 176 Å². The van der Waals surface area contributed by atoms with Crippen LogP contribution in [0.4, 0.5) is 5.69 Å². The molecule has 4 atom stereocenters. The number of piperidine rings is 3. The van der Waals surface area contributed by atoms with Crippen LogP contribution < -0.4 is 10.6 Å². The summed E-state index contributed by atoms with van der Waals surface area (Å²) in [4.78, 5) is 28.4. The maximum atomic E-state index is 12.7. The van der Waals surface area contributed by atoms with Crippen LogP contribution in [0.3, 0.4) is 0 Å². The maximum absolute atomic E-state index is 12.7. The van der Waals surface area contributed by atoms with Crippen LogP contribution in [0.25, 0.3) is 0 Å². The molecule has 0 aromatic heterocycles. The van der Waals surface area contributed by atoms with Crippen molar-refractivity contribution in [2.45, 2.75) is 48.6 Å². The summed E-state index contributed by atoms with van der Waals surface area (Å²) in [5, 5.41) is 6.02. The van der Waals surface area contributed by atoms with Crippen molar-refractivity contribution in [2.24, 2.45) is 5.92 Å².